The Morgan fingerprint density at radius 2 is 1.87 bits per heavy atom. The third-order valence-electron chi connectivity index (χ3n) is 5.09. The highest BCUT2D eigenvalue weighted by Gasteiger charge is 2.25. The molecule has 0 amide bonds. The average molecular weight is 468 g/mol. The fraction of sp³-hybridized carbons (Fsp3) is 0.150. The number of phenolic OH excluding ortho intramolecular Hbond substituents is 1. The van der Waals surface area contributed by atoms with E-state index in [-0.39, 0.29) is 44.7 Å². The van der Waals surface area contributed by atoms with E-state index in [1.807, 2.05) is 0 Å². The van der Waals surface area contributed by atoms with Crippen LogP contribution in [-0.4, -0.2) is 41.9 Å². The van der Waals surface area contributed by atoms with Gasteiger partial charge < -0.3 is 15.2 Å². The Hall–Kier alpha value is -3.11. The Balaban J connectivity index is 1.99. The van der Waals surface area contributed by atoms with Gasteiger partial charge in [0.25, 0.3) is 0 Å². The summed E-state index contributed by atoms with van der Waals surface area (Å²) in [6.07, 6.45) is 3.77. The van der Waals surface area contributed by atoms with Crippen molar-refractivity contribution in [1.82, 2.24) is 9.97 Å². The van der Waals surface area contributed by atoms with E-state index in [1.54, 1.807) is 6.07 Å². The first kappa shape index (κ1) is 21.1. The van der Waals surface area contributed by atoms with Gasteiger partial charge in [0.2, 0.25) is 15.9 Å². The van der Waals surface area contributed by atoms with Gasteiger partial charge in [0, 0.05) is 42.7 Å². The normalized spacial score (nSPS) is 12.0. The molecule has 2 aromatic carbocycles. The highest BCUT2D eigenvalue weighted by molar-refractivity contribution is 7.92. The molecule has 162 valence electrons. The summed E-state index contributed by atoms with van der Waals surface area (Å²) in [5, 5.41) is 21.0. The molecule has 0 bridgehead atoms. The summed E-state index contributed by atoms with van der Waals surface area (Å²) in [7, 11) is -2.39. The molecule has 0 aliphatic rings. The maximum atomic E-state index is 14.2. The molecule has 0 fully saturated rings. The van der Waals surface area contributed by atoms with Gasteiger partial charge in [0.15, 0.2) is 5.75 Å². The molecule has 0 radical (unpaired) electrons. The van der Waals surface area contributed by atoms with E-state index >= 15 is 0 Å². The molecule has 0 unspecified atom stereocenters. The lowest BCUT2D eigenvalue weighted by Crippen LogP contribution is -2.25. The second kappa shape index (κ2) is 7.24. The fourth-order valence-corrected chi connectivity index (χ4v) is 4.22. The summed E-state index contributed by atoms with van der Waals surface area (Å²) in [6, 6.07) is 3.45. The number of H-pyrrole nitrogens is 1. The lowest BCUT2D eigenvalue weighted by atomic mass is 10.0. The second-order valence-corrected chi connectivity index (χ2v) is 9.55. The molecule has 4 rings (SSSR count). The van der Waals surface area contributed by atoms with Crippen LogP contribution in [0.4, 0.5) is 14.5 Å². The first-order valence-electron chi connectivity index (χ1n) is 8.90. The summed E-state index contributed by atoms with van der Waals surface area (Å²) in [6.45, 7) is 0. The lowest BCUT2D eigenvalue weighted by Gasteiger charge is -2.21. The molecule has 0 saturated heterocycles. The molecular weight excluding hydrogens is 452 g/mol. The summed E-state index contributed by atoms with van der Waals surface area (Å²) in [5.74, 6) is -2.41. The van der Waals surface area contributed by atoms with Crippen LogP contribution in [0.3, 0.4) is 0 Å². The van der Waals surface area contributed by atoms with E-state index in [0.717, 1.165) is 10.6 Å². The maximum Gasteiger partial charge on any atom is 0.232 e. The topological polar surface area (TPSA) is 107 Å². The molecule has 2 aromatic heterocycles. The fourth-order valence-electron chi connectivity index (χ4n) is 3.51. The predicted molar refractivity (Wildman–Crippen MR) is 114 cm³/mol. The van der Waals surface area contributed by atoms with Crippen molar-refractivity contribution in [3.05, 3.63) is 58.4 Å². The smallest absolute Gasteiger partial charge is 0.232 e. The van der Waals surface area contributed by atoms with E-state index < -0.39 is 27.5 Å². The Labute approximate surface area is 180 Å². The number of hydrogen-bond acceptors (Lipinski definition) is 5. The van der Waals surface area contributed by atoms with Crippen LogP contribution < -0.4 is 4.31 Å². The van der Waals surface area contributed by atoms with Gasteiger partial charge >= 0.3 is 0 Å². The van der Waals surface area contributed by atoms with Crippen LogP contribution in [0.25, 0.3) is 21.7 Å². The van der Waals surface area contributed by atoms with Gasteiger partial charge in [-0.3, -0.25) is 4.31 Å². The largest absolute Gasteiger partial charge is 0.505 e. The molecule has 3 N–H and O–H groups in total. The second-order valence-electron chi connectivity index (χ2n) is 7.13. The SMILES string of the molecule is CN(c1c2cc(Cc3cc(Cl)c(F)cc3F)c[nH]c2c(O)c2c(O)ncc12)S(C)(=O)=O. The zero-order valence-corrected chi connectivity index (χ0v) is 17.8. The minimum atomic E-state index is -3.72. The number of phenols is 1. The summed E-state index contributed by atoms with van der Waals surface area (Å²) >= 11 is 5.77. The van der Waals surface area contributed by atoms with E-state index in [9.17, 15) is 27.4 Å². The van der Waals surface area contributed by atoms with Gasteiger partial charge in [-0.1, -0.05) is 11.6 Å². The van der Waals surface area contributed by atoms with Gasteiger partial charge in [0.05, 0.1) is 27.9 Å². The Kier molecular flexibility index (Phi) is 4.94. The first-order chi connectivity index (χ1) is 14.5. The number of aromatic amines is 1. The van der Waals surface area contributed by atoms with Crippen LogP contribution >= 0.6 is 11.6 Å². The number of rotatable bonds is 4. The molecule has 0 saturated carbocycles. The highest BCUT2D eigenvalue weighted by atomic mass is 35.5. The maximum absolute atomic E-state index is 14.2. The lowest BCUT2D eigenvalue weighted by molar-refractivity contribution is 0.454. The third-order valence-corrected chi connectivity index (χ3v) is 6.56. The van der Waals surface area contributed by atoms with Gasteiger partial charge in [-0.25, -0.2) is 22.2 Å². The Morgan fingerprint density at radius 3 is 2.55 bits per heavy atom. The van der Waals surface area contributed by atoms with Crippen LogP contribution in [0.1, 0.15) is 11.1 Å². The molecule has 4 aromatic rings. The number of fused-ring (bicyclic) bond motifs is 2. The van der Waals surface area contributed by atoms with Gasteiger partial charge in [-0.15, -0.1) is 0 Å². The quantitative estimate of drug-likeness (QED) is 0.393. The minimum Gasteiger partial charge on any atom is -0.505 e. The standard InChI is InChI=1S/C20H16ClF2N3O4S/c1-26(31(2,29)30)18-11-4-9(3-10-5-13(21)15(23)6-14(10)22)7-24-17(11)19(27)16-12(18)8-25-20(16)28/h4-8,24,27-28H,3H2,1-2H3. The average Bonchev–Trinajstić information content (AvgIpc) is 3.07. The van der Waals surface area contributed by atoms with Crippen LogP contribution in [0.15, 0.2) is 30.6 Å². The number of hydrogen-bond donors (Lipinski definition) is 3. The van der Waals surface area contributed by atoms with Crippen molar-refractivity contribution in [3.8, 4) is 11.6 Å². The Bertz CT molecular complexity index is 1470. The molecular formula is C20H16ClF2N3O4S. The monoisotopic (exact) mass is 467 g/mol. The van der Waals surface area contributed by atoms with Crippen molar-refractivity contribution in [3.63, 3.8) is 0 Å². The zero-order chi connectivity index (χ0) is 22.7. The van der Waals surface area contributed by atoms with Crippen LogP contribution in [0.2, 0.25) is 5.02 Å². The van der Waals surface area contributed by atoms with Gasteiger partial charge in [-0.05, 0) is 23.3 Å². The van der Waals surface area contributed by atoms with Crippen molar-refractivity contribution in [1.29, 1.82) is 0 Å². The molecule has 2 heterocycles. The number of pyridine rings is 1. The molecule has 0 atom stereocenters. The number of aromatic nitrogens is 2. The number of aromatic hydroxyl groups is 2. The van der Waals surface area contributed by atoms with Crippen molar-refractivity contribution in [2.75, 3.05) is 17.6 Å². The third kappa shape index (κ3) is 3.51. The predicted octanol–water partition coefficient (Wildman–Crippen LogP) is 4.05. The van der Waals surface area contributed by atoms with Gasteiger partial charge in [0.1, 0.15) is 11.6 Å². The van der Waals surface area contributed by atoms with Crippen molar-refractivity contribution in [2.24, 2.45) is 0 Å². The van der Waals surface area contributed by atoms with E-state index in [1.165, 1.54) is 25.5 Å². The van der Waals surface area contributed by atoms with E-state index in [0.29, 0.717) is 17.0 Å². The first-order valence-corrected chi connectivity index (χ1v) is 11.1. The summed E-state index contributed by atoms with van der Waals surface area (Å²) in [4.78, 5) is 6.65. The molecule has 7 nitrogen and oxygen atoms in total. The van der Waals surface area contributed by atoms with Crippen LogP contribution in [-0.2, 0) is 16.4 Å². The van der Waals surface area contributed by atoms with Crippen LogP contribution in [0, 0.1) is 11.6 Å². The molecule has 11 heteroatoms. The molecule has 0 spiro atoms. The number of nitrogens with zero attached hydrogens (tertiary/aromatic N) is 2. The molecule has 31 heavy (non-hydrogen) atoms. The van der Waals surface area contributed by atoms with Crippen LogP contribution in [0.5, 0.6) is 11.6 Å². The van der Waals surface area contributed by atoms with Crippen molar-refractivity contribution in [2.45, 2.75) is 6.42 Å². The Morgan fingerprint density at radius 1 is 1.16 bits per heavy atom. The number of nitrogens with one attached hydrogen (secondary N) is 1. The van der Waals surface area contributed by atoms with Crippen molar-refractivity contribution < 1.29 is 27.4 Å². The number of halogens is 3. The number of anilines is 1. The molecule has 0 aliphatic carbocycles. The summed E-state index contributed by atoms with van der Waals surface area (Å²) in [5.41, 5.74) is 0.978. The number of sulfonamides is 1. The highest BCUT2D eigenvalue weighted by Crippen LogP contribution is 2.45. The minimum absolute atomic E-state index is 0.00152. The van der Waals surface area contributed by atoms with Gasteiger partial charge in [-0.2, -0.15) is 0 Å². The molecule has 0 aliphatic heterocycles. The van der Waals surface area contributed by atoms with E-state index in [2.05, 4.69) is 9.97 Å². The summed E-state index contributed by atoms with van der Waals surface area (Å²) < 4.78 is 53.2. The number of benzene rings is 2. The van der Waals surface area contributed by atoms with E-state index in [4.69, 9.17) is 11.6 Å². The van der Waals surface area contributed by atoms with Crippen molar-refractivity contribution >= 4 is 49.0 Å². The zero-order valence-electron chi connectivity index (χ0n) is 16.2.